The number of amides is 3. The van der Waals surface area contributed by atoms with Gasteiger partial charge >= 0.3 is 0 Å². The lowest BCUT2D eigenvalue weighted by Gasteiger charge is -1.91. The van der Waals surface area contributed by atoms with Gasteiger partial charge in [0, 0.05) is 12.2 Å². The number of benzene rings is 1. The zero-order chi connectivity index (χ0) is 13.1. The summed E-state index contributed by atoms with van der Waals surface area (Å²) in [4.78, 5) is 41.8. The van der Waals surface area contributed by atoms with Crippen LogP contribution in [0.15, 0.2) is 36.4 Å². The first-order valence-corrected chi connectivity index (χ1v) is 5.05. The molecule has 0 atom stereocenters. The summed E-state index contributed by atoms with van der Waals surface area (Å²) in [5.41, 5.74) is 1.08. The molecule has 90 valence electrons. The Morgan fingerprint density at radius 2 is 1.39 bits per heavy atom. The molecule has 0 bridgehead atoms. The van der Waals surface area contributed by atoms with Gasteiger partial charge in [0.1, 0.15) is 0 Å². The summed E-state index contributed by atoms with van der Waals surface area (Å²) in [7, 11) is 0. The maximum Gasteiger partial charge on any atom is 0.296 e. The van der Waals surface area contributed by atoms with Gasteiger partial charge in [0.15, 0.2) is 0 Å². The van der Waals surface area contributed by atoms with Crippen molar-refractivity contribution < 1.29 is 19.2 Å². The SMILES string of the molecule is O=C1C=CC(=O)N1.O=C1Nc2ccccc2C1=O. The molecule has 0 aromatic heterocycles. The first-order valence-electron chi connectivity index (χ1n) is 5.05. The predicted molar refractivity (Wildman–Crippen MR) is 61.7 cm³/mol. The molecule has 0 saturated carbocycles. The molecule has 3 rings (SSSR count). The van der Waals surface area contributed by atoms with Crippen molar-refractivity contribution in [2.45, 2.75) is 0 Å². The average molecular weight is 244 g/mol. The second-order valence-corrected chi connectivity index (χ2v) is 3.52. The van der Waals surface area contributed by atoms with Crippen molar-refractivity contribution in [2.75, 3.05) is 5.32 Å². The highest BCUT2D eigenvalue weighted by atomic mass is 16.2. The first kappa shape index (κ1) is 11.7. The number of carbonyl (C=O) groups excluding carboxylic acids is 4. The number of anilines is 1. The van der Waals surface area contributed by atoms with Gasteiger partial charge in [0.2, 0.25) is 0 Å². The van der Waals surface area contributed by atoms with Crippen LogP contribution < -0.4 is 10.6 Å². The quantitative estimate of drug-likeness (QED) is 0.497. The topological polar surface area (TPSA) is 92.3 Å². The Bertz CT molecular complexity index is 573. The van der Waals surface area contributed by atoms with E-state index in [0.717, 1.165) is 0 Å². The Balaban J connectivity index is 0.000000149. The largest absolute Gasteiger partial charge is 0.318 e. The van der Waals surface area contributed by atoms with E-state index in [1.165, 1.54) is 12.2 Å². The molecule has 0 fully saturated rings. The fraction of sp³-hybridized carbons (Fsp3) is 0. The Morgan fingerprint density at radius 3 is 1.89 bits per heavy atom. The van der Waals surface area contributed by atoms with Gasteiger partial charge in [-0.05, 0) is 12.1 Å². The number of para-hydroxylation sites is 1. The zero-order valence-electron chi connectivity index (χ0n) is 9.10. The minimum absolute atomic E-state index is 0.329. The molecular formula is C12H8N2O4. The molecule has 0 radical (unpaired) electrons. The lowest BCUT2D eigenvalue weighted by Crippen LogP contribution is -2.19. The van der Waals surface area contributed by atoms with Gasteiger partial charge in [-0.3, -0.25) is 24.5 Å². The third kappa shape index (κ3) is 2.32. The molecule has 0 saturated heterocycles. The van der Waals surface area contributed by atoms with Gasteiger partial charge in [0.25, 0.3) is 23.5 Å². The van der Waals surface area contributed by atoms with E-state index < -0.39 is 11.7 Å². The van der Waals surface area contributed by atoms with E-state index in [1.54, 1.807) is 24.3 Å². The minimum Gasteiger partial charge on any atom is -0.318 e. The number of ketones is 1. The summed E-state index contributed by atoms with van der Waals surface area (Å²) >= 11 is 0. The highest BCUT2D eigenvalue weighted by Gasteiger charge is 2.26. The third-order valence-corrected chi connectivity index (χ3v) is 2.26. The molecule has 2 N–H and O–H groups in total. The average Bonchev–Trinajstić information content (AvgIpc) is 2.85. The molecule has 0 spiro atoms. The fourth-order valence-electron chi connectivity index (χ4n) is 1.45. The van der Waals surface area contributed by atoms with Crippen LogP contribution in [0.2, 0.25) is 0 Å². The highest BCUT2D eigenvalue weighted by Crippen LogP contribution is 2.21. The van der Waals surface area contributed by atoms with E-state index in [1.807, 2.05) is 5.32 Å². The van der Waals surface area contributed by atoms with E-state index >= 15 is 0 Å². The molecule has 0 unspecified atom stereocenters. The summed E-state index contributed by atoms with van der Waals surface area (Å²) in [6, 6.07) is 6.85. The van der Waals surface area contributed by atoms with Gasteiger partial charge in [0.05, 0.1) is 11.3 Å². The maximum absolute atomic E-state index is 11.0. The van der Waals surface area contributed by atoms with E-state index in [2.05, 4.69) is 5.32 Å². The van der Waals surface area contributed by atoms with Crippen molar-refractivity contribution in [3.63, 3.8) is 0 Å². The van der Waals surface area contributed by atoms with Crippen molar-refractivity contribution in [3.8, 4) is 0 Å². The monoisotopic (exact) mass is 244 g/mol. The van der Waals surface area contributed by atoms with Gasteiger partial charge in [-0.15, -0.1) is 0 Å². The molecule has 1 aromatic rings. The summed E-state index contributed by atoms with van der Waals surface area (Å²) in [5, 5.41) is 4.49. The normalized spacial score (nSPS) is 15.8. The van der Waals surface area contributed by atoms with Crippen molar-refractivity contribution in [1.29, 1.82) is 0 Å². The lowest BCUT2D eigenvalue weighted by molar-refractivity contribution is -0.123. The van der Waals surface area contributed by atoms with Crippen LogP contribution in [-0.2, 0) is 14.4 Å². The lowest BCUT2D eigenvalue weighted by atomic mass is 10.1. The van der Waals surface area contributed by atoms with Crippen LogP contribution in [0.4, 0.5) is 5.69 Å². The first-order chi connectivity index (χ1) is 8.58. The van der Waals surface area contributed by atoms with Crippen LogP contribution in [-0.4, -0.2) is 23.5 Å². The van der Waals surface area contributed by atoms with Crippen molar-refractivity contribution in [2.24, 2.45) is 0 Å². The molecule has 2 aliphatic heterocycles. The standard InChI is InChI=1S/C8H5NO2.C4H3NO2/c10-7-5-3-1-2-4-6(5)9-8(7)11;6-3-1-2-4(7)5-3/h1-4H,(H,9,10,11);1-2H,(H,5,6,7). The fourth-order valence-corrected chi connectivity index (χ4v) is 1.45. The molecule has 18 heavy (non-hydrogen) atoms. The zero-order valence-corrected chi connectivity index (χ0v) is 9.10. The van der Waals surface area contributed by atoms with Gasteiger partial charge in [-0.25, -0.2) is 0 Å². The maximum atomic E-state index is 11.0. The van der Waals surface area contributed by atoms with E-state index in [0.29, 0.717) is 11.3 Å². The smallest absolute Gasteiger partial charge is 0.296 e. The van der Waals surface area contributed by atoms with Crippen LogP contribution in [0, 0.1) is 0 Å². The van der Waals surface area contributed by atoms with Gasteiger partial charge in [-0.2, -0.15) is 0 Å². The summed E-state index contributed by atoms with van der Waals surface area (Å²) in [6.45, 7) is 0. The predicted octanol–water partition coefficient (Wildman–Crippen LogP) is 0.0204. The molecular weight excluding hydrogens is 236 g/mol. The van der Waals surface area contributed by atoms with Crippen LogP contribution in [0.3, 0.4) is 0 Å². The number of nitrogens with one attached hydrogen (secondary N) is 2. The number of rotatable bonds is 0. The molecule has 6 heteroatoms. The van der Waals surface area contributed by atoms with Crippen LogP contribution in [0.25, 0.3) is 0 Å². The highest BCUT2D eigenvalue weighted by molar-refractivity contribution is 6.51. The van der Waals surface area contributed by atoms with E-state index in [9.17, 15) is 19.2 Å². The van der Waals surface area contributed by atoms with Crippen LogP contribution >= 0.6 is 0 Å². The van der Waals surface area contributed by atoms with E-state index in [4.69, 9.17) is 0 Å². The number of hydrogen-bond acceptors (Lipinski definition) is 4. The Kier molecular flexibility index (Phi) is 3.01. The second-order valence-electron chi connectivity index (χ2n) is 3.52. The summed E-state index contributed by atoms with van der Waals surface area (Å²) in [6.07, 6.45) is 2.39. The second kappa shape index (κ2) is 4.62. The summed E-state index contributed by atoms with van der Waals surface area (Å²) < 4.78 is 0. The number of imide groups is 1. The minimum atomic E-state index is -0.536. The molecule has 0 aliphatic carbocycles. The number of hydrogen-bond donors (Lipinski definition) is 2. The number of fused-ring (bicyclic) bond motifs is 1. The van der Waals surface area contributed by atoms with Crippen molar-refractivity contribution in [3.05, 3.63) is 42.0 Å². The van der Waals surface area contributed by atoms with Crippen LogP contribution in [0.5, 0.6) is 0 Å². The van der Waals surface area contributed by atoms with E-state index in [-0.39, 0.29) is 11.8 Å². The Hall–Kier alpha value is -2.76. The Morgan fingerprint density at radius 1 is 0.778 bits per heavy atom. The molecule has 2 aliphatic rings. The Labute approximate surface area is 102 Å². The number of carbonyl (C=O) groups is 4. The van der Waals surface area contributed by atoms with Gasteiger partial charge < -0.3 is 5.32 Å². The third-order valence-electron chi connectivity index (χ3n) is 2.26. The summed E-state index contributed by atoms with van der Waals surface area (Å²) in [5.74, 6) is -1.64. The molecule has 3 amide bonds. The van der Waals surface area contributed by atoms with Crippen molar-refractivity contribution >= 4 is 29.2 Å². The molecule has 1 aromatic carbocycles. The van der Waals surface area contributed by atoms with Crippen molar-refractivity contribution in [1.82, 2.24) is 5.32 Å². The van der Waals surface area contributed by atoms with Crippen LogP contribution in [0.1, 0.15) is 10.4 Å². The molecule has 6 nitrogen and oxygen atoms in total. The van der Waals surface area contributed by atoms with Gasteiger partial charge in [-0.1, -0.05) is 12.1 Å². The number of Topliss-reactive ketones (excluding diaryl/α,β-unsaturated/α-hetero) is 1. The molecule has 2 heterocycles.